The molecule has 0 aromatic rings. The molecule has 2 N–H and O–H groups in total. The second-order valence-electron chi connectivity index (χ2n) is 6.60. The van der Waals surface area contributed by atoms with Gasteiger partial charge in [0.1, 0.15) is 17.2 Å². The number of carbonyl (C=O) groups is 3. The first-order valence-electron chi connectivity index (χ1n) is 6.88. The molecule has 0 aromatic heterocycles. The highest BCUT2D eigenvalue weighted by atomic mass is 16.6. The third-order valence-corrected chi connectivity index (χ3v) is 2.03. The number of rotatable bonds is 4. The number of methoxy groups -OCH3 is 1. The van der Waals surface area contributed by atoms with Crippen molar-refractivity contribution in [2.75, 3.05) is 13.7 Å². The molecule has 0 saturated heterocycles. The predicted octanol–water partition coefficient (Wildman–Crippen LogP) is 1.58. The smallest absolute Gasteiger partial charge is 0.408 e. The number of ether oxygens (including phenoxy) is 3. The SMILES string of the molecule is COC(=O)C(CNC(=O)OC(C)(C)C)NC(=O)OC(C)(C)C. The molecule has 128 valence electrons. The zero-order valence-electron chi connectivity index (χ0n) is 14.2. The van der Waals surface area contributed by atoms with Gasteiger partial charge in [-0.2, -0.15) is 0 Å². The maximum absolute atomic E-state index is 11.7. The minimum atomic E-state index is -1.08. The fourth-order valence-electron chi connectivity index (χ4n) is 1.28. The highest BCUT2D eigenvalue weighted by Crippen LogP contribution is 2.08. The molecule has 22 heavy (non-hydrogen) atoms. The van der Waals surface area contributed by atoms with Crippen molar-refractivity contribution in [2.24, 2.45) is 0 Å². The Balaban J connectivity index is 4.57. The standard InChI is InChI=1S/C14H26N2O6/c1-13(2,3)21-11(18)15-8-9(10(17)20-7)16-12(19)22-14(4,5)6/h9H,8H2,1-7H3,(H,15,18)(H,16,19). The quantitative estimate of drug-likeness (QED) is 0.602. The van der Waals surface area contributed by atoms with Gasteiger partial charge in [0.25, 0.3) is 0 Å². The molecule has 0 aliphatic carbocycles. The largest absolute Gasteiger partial charge is 0.467 e. The Hall–Kier alpha value is -1.99. The van der Waals surface area contributed by atoms with Crippen molar-refractivity contribution in [1.29, 1.82) is 0 Å². The molecule has 0 heterocycles. The maximum atomic E-state index is 11.7. The van der Waals surface area contributed by atoms with Crippen LogP contribution in [0.25, 0.3) is 0 Å². The number of hydrogen-bond acceptors (Lipinski definition) is 6. The van der Waals surface area contributed by atoms with Crippen molar-refractivity contribution in [3.05, 3.63) is 0 Å². The lowest BCUT2D eigenvalue weighted by molar-refractivity contribution is -0.142. The van der Waals surface area contributed by atoms with E-state index in [2.05, 4.69) is 15.4 Å². The summed E-state index contributed by atoms with van der Waals surface area (Å²) in [6.07, 6.45) is -1.48. The molecule has 0 aromatic carbocycles. The van der Waals surface area contributed by atoms with Crippen LogP contribution in [0.5, 0.6) is 0 Å². The van der Waals surface area contributed by atoms with Gasteiger partial charge in [-0.1, -0.05) is 0 Å². The third-order valence-electron chi connectivity index (χ3n) is 2.03. The van der Waals surface area contributed by atoms with E-state index in [1.165, 1.54) is 7.11 Å². The van der Waals surface area contributed by atoms with E-state index >= 15 is 0 Å². The summed E-state index contributed by atoms with van der Waals surface area (Å²) >= 11 is 0. The van der Waals surface area contributed by atoms with Crippen molar-refractivity contribution >= 4 is 18.2 Å². The van der Waals surface area contributed by atoms with Crippen LogP contribution in [0.2, 0.25) is 0 Å². The van der Waals surface area contributed by atoms with Gasteiger partial charge in [0.2, 0.25) is 0 Å². The average molecular weight is 318 g/mol. The Kier molecular flexibility index (Phi) is 7.15. The van der Waals surface area contributed by atoms with Gasteiger partial charge in [0.15, 0.2) is 0 Å². The molecule has 2 amide bonds. The molecule has 0 radical (unpaired) electrons. The molecule has 0 bridgehead atoms. The van der Waals surface area contributed by atoms with Crippen LogP contribution in [0.3, 0.4) is 0 Å². The lowest BCUT2D eigenvalue weighted by Crippen LogP contribution is -2.50. The number of nitrogens with one attached hydrogen (secondary N) is 2. The molecule has 0 saturated carbocycles. The zero-order valence-corrected chi connectivity index (χ0v) is 14.2. The van der Waals surface area contributed by atoms with Crippen LogP contribution < -0.4 is 10.6 Å². The number of carbonyl (C=O) groups excluding carboxylic acids is 3. The van der Waals surface area contributed by atoms with Crippen LogP contribution in [-0.4, -0.2) is 49.1 Å². The molecule has 8 nitrogen and oxygen atoms in total. The molecule has 0 fully saturated rings. The number of alkyl carbamates (subject to hydrolysis) is 2. The van der Waals surface area contributed by atoms with Gasteiger partial charge < -0.3 is 24.8 Å². The highest BCUT2D eigenvalue weighted by molar-refractivity contribution is 5.82. The normalized spacial score (nSPS) is 12.9. The lowest BCUT2D eigenvalue weighted by atomic mass is 10.2. The van der Waals surface area contributed by atoms with E-state index in [0.29, 0.717) is 0 Å². The lowest BCUT2D eigenvalue weighted by Gasteiger charge is -2.23. The molecule has 0 aliphatic rings. The zero-order chi connectivity index (χ0) is 17.6. The van der Waals surface area contributed by atoms with E-state index in [-0.39, 0.29) is 6.54 Å². The van der Waals surface area contributed by atoms with E-state index in [4.69, 9.17) is 9.47 Å². The van der Waals surface area contributed by atoms with E-state index in [0.717, 1.165) is 0 Å². The second-order valence-corrected chi connectivity index (χ2v) is 6.60. The molecule has 0 rings (SSSR count). The Morgan fingerprint density at radius 2 is 1.36 bits per heavy atom. The molecule has 0 aliphatic heterocycles. The van der Waals surface area contributed by atoms with Crippen LogP contribution in [0.1, 0.15) is 41.5 Å². The van der Waals surface area contributed by atoms with Gasteiger partial charge in [-0.3, -0.25) is 0 Å². The average Bonchev–Trinajstić information content (AvgIpc) is 2.28. The summed E-state index contributed by atoms with van der Waals surface area (Å²) in [6, 6.07) is -1.08. The summed E-state index contributed by atoms with van der Waals surface area (Å²) in [5.41, 5.74) is -1.37. The van der Waals surface area contributed by atoms with Crippen molar-refractivity contribution < 1.29 is 28.6 Å². The Labute approximate surface area is 130 Å². The van der Waals surface area contributed by atoms with Gasteiger partial charge >= 0.3 is 18.2 Å². The number of hydrogen-bond donors (Lipinski definition) is 2. The van der Waals surface area contributed by atoms with Crippen LogP contribution in [0.15, 0.2) is 0 Å². The summed E-state index contributed by atoms with van der Waals surface area (Å²) in [4.78, 5) is 34.9. The predicted molar refractivity (Wildman–Crippen MR) is 79.4 cm³/mol. The van der Waals surface area contributed by atoms with E-state index in [1.54, 1.807) is 41.5 Å². The van der Waals surface area contributed by atoms with Crippen LogP contribution >= 0.6 is 0 Å². The van der Waals surface area contributed by atoms with Gasteiger partial charge in [0.05, 0.1) is 13.7 Å². The van der Waals surface area contributed by atoms with Gasteiger partial charge in [-0.15, -0.1) is 0 Å². The number of amides is 2. The van der Waals surface area contributed by atoms with Crippen LogP contribution in [0, 0.1) is 0 Å². The van der Waals surface area contributed by atoms with Gasteiger partial charge in [-0.25, -0.2) is 14.4 Å². The van der Waals surface area contributed by atoms with Gasteiger partial charge in [-0.05, 0) is 41.5 Å². The van der Waals surface area contributed by atoms with Crippen LogP contribution in [0.4, 0.5) is 9.59 Å². The second kappa shape index (κ2) is 7.86. The molecule has 1 atom stereocenters. The maximum Gasteiger partial charge on any atom is 0.408 e. The summed E-state index contributed by atoms with van der Waals surface area (Å²) in [6.45, 7) is 10.0. The summed E-state index contributed by atoms with van der Waals surface area (Å²) < 4.78 is 14.7. The Morgan fingerprint density at radius 3 is 1.77 bits per heavy atom. The van der Waals surface area contributed by atoms with Crippen LogP contribution in [-0.2, 0) is 19.0 Å². The molecule has 8 heteroatoms. The highest BCUT2D eigenvalue weighted by Gasteiger charge is 2.26. The fraction of sp³-hybridized carbons (Fsp3) is 0.786. The molecular formula is C14H26N2O6. The minimum Gasteiger partial charge on any atom is -0.467 e. The Bertz CT molecular complexity index is 409. The van der Waals surface area contributed by atoms with E-state index in [9.17, 15) is 14.4 Å². The number of esters is 1. The minimum absolute atomic E-state index is 0.180. The summed E-state index contributed by atoms with van der Waals surface area (Å²) in [7, 11) is 1.18. The van der Waals surface area contributed by atoms with E-state index in [1.807, 2.05) is 0 Å². The first kappa shape index (κ1) is 20.0. The third kappa shape index (κ3) is 9.84. The van der Waals surface area contributed by atoms with Crippen molar-refractivity contribution in [3.8, 4) is 0 Å². The Morgan fingerprint density at radius 1 is 0.909 bits per heavy atom. The fourth-order valence-corrected chi connectivity index (χ4v) is 1.28. The molecule has 1 unspecified atom stereocenters. The topological polar surface area (TPSA) is 103 Å². The molecular weight excluding hydrogens is 292 g/mol. The van der Waals surface area contributed by atoms with Crippen molar-refractivity contribution in [1.82, 2.24) is 10.6 Å². The first-order chi connectivity index (χ1) is 9.84. The van der Waals surface area contributed by atoms with E-state index < -0.39 is 35.4 Å². The first-order valence-corrected chi connectivity index (χ1v) is 6.88. The summed E-state index contributed by atoms with van der Waals surface area (Å²) in [5.74, 6) is -0.707. The van der Waals surface area contributed by atoms with Crippen molar-refractivity contribution in [2.45, 2.75) is 58.8 Å². The van der Waals surface area contributed by atoms with Gasteiger partial charge in [0, 0.05) is 0 Å². The monoisotopic (exact) mass is 318 g/mol. The molecule has 0 spiro atoms. The van der Waals surface area contributed by atoms with Crippen molar-refractivity contribution in [3.63, 3.8) is 0 Å². The summed E-state index contributed by atoms with van der Waals surface area (Å²) in [5, 5.41) is 4.73.